The van der Waals surface area contributed by atoms with E-state index in [9.17, 15) is 4.79 Å². The summed E-state index contributed by atoms with van der Waals surface area (Å²) < 4.78 is 4.56. The summed E-state index contributed by atoms with van der Waals surface area (Å²) in [6, 6.07) is -0.248. The molecule has 0 saturated carbocycles. The number of aryl methyl sites for hydroxylation is 1. The molecule has 0 spiro atoms. The molecule has 1 amide bonds. The van der Waals surface area contributed by atoms with E-state index in [1.165, 1.54) is 0 Å². The Kier molecular flexibility index (Phi) is 4.91. The third-order valence-electron chi connectivity index (χ3n) is 2.26. The summed E-state index contributed by atoms with van der Waals surface area (Å²) in [5.74, 6) is -0.00374. The molecule has 1 unspecified atom stereocenters. The summed E-state index contributed by atoms with van der Waals surface area (Å²) in [7, 11) is 0. The van der Waals surface area contributed by atoms with Crippen LogP contribution >= 0.6 is 0 Å². The Labute approximate surface area is 94.7 Å². The second kappa shape index (κ2) is 6.22. The molecule has 2 N–H and O–H groups in total. The predicted molar refractivity (Wildman–Crippen MR) is 58.6 cm³/mol. The zero-order valence-corrected chi connectivity index (χ0v) is 9.91. The minimum atomic E-state index is -0.248. The Morgan fingerprint density at radius 1 is 1.50 bits per heavy atom. The molecule has 0 aromatic carbocycles. The molecule has 90 valence electrons. The molecule has 0 fully saturated rings. The largest absolute Gasteiger partial charge is 0.355 e. The number of carbonyl (C=O) groups is 1. The van der Waals surface area contributed by atoms with Crippen molar-refractivity contribution >= 4 is 5.91 Å². The number of nitrogens with zero attached hydrogens (tertiary/aromatic N) is 2. The monoisotopic (exact) mass is 226 g/mol. The lowest BCUT2D eigenvalue weighted by Crippen LogP contribution is -2.42. The molecule has 6 nitrogen and oxygen atoms in total. The molecule has 0 aliphatic rings. The first-order valence-electron chi connectivity index (χ1n) is 5.44. The first-order valence-corrected chi connectivity index (χ1v) is 5.44. The van der Waals surface area contributed by atoms with E-state index in [1.54, 1.807) is 0 Å². The first kappa shape index (κ1) is 12.6. The fraction of sp³-hybridized carbons (Fsp3) is 0.700. The minimum Gasteiger partial charge on any atom is -0.355 e. The van der Waals surface area contributed by atoms with E-state index >= 15 is 0 Å². The molecule has 0 bridgehead atoms. The Hall–Kier alpha value is -1.43. The average molecular weight is 226 g/mol. The van der Waals surface area contributed by atoms with Gasteiger partial charge in [0.05, 0.1) is 6.04 Å². The van der Waals surface area contributed by atoms with Gasteiger partial charge in [-0.05, 0) is 20.3 Å². The lowest BCUT2D eigenvalue weighted by Gasteiger charge is -2.12. The van der Waals surface area contributed by atoms with Gasteiger partial charge in [0.15, 0.2) is 0 Å². The Balaban J connectivity index is 2.32. The standard InChI is InChI=1S/C10H18N4O2/c1-4-5-11-10(15)8(3)12-6-9-7(2)13-16-14-9/h8,12H,4-6H2,1-3H3,(H,11,15). The fourth-order valence-corrected chi connectivity index (χ4v) is 1.15. The van der Waals surface area contributed by atoms with E-state index < -0.39 is 0 Å². The molecule has 0 aliphatic carbocycles. The second-order valence-corrected chi connectivity index (χ2v) is 3.69. The quantitative estimate of drug-likeness (QED) is 0.733. The van der Waals surface area contributed by atoms with Gasteiger partial charge in [0.1, 0.15) is 11.4 Å². The van der Waals surface area contributed by atoms with Gasteiger partial charge < -0.3 is 10.6 Å². The van der Waals surface area contributed by atoms with E-state index in [0.29, 0.717) is 13.1 Å². The van der Waals surface area contributed by atoms with Gasteiger partial charge in [0.25, 0.3) is 0 Å². The molecule has 0 saturated heterocycles. The third kappa shape index (κ3) is 3.62. The van der Waals surface area contributed by atoms with Crippen molar-refractivity contribution in [2.24, 2.45) is 0 Å². The van der Waals surface area contributed by atoms with Crippen LogP contribution in [-0.2, 0) is 11.3 Å². The maximum absolute atomic E-state index is 11.5. The number of hydrogen-bond acceptors (Lipinski definition) is 5. The summed E-state index contributed by atoms with van der Waals surface area (Å²) >= 11 is 0. The number of hydrogen-bond donors (Lipinski definition) is 2. The summed E-state index contributed by atoms with van der Waals surface area (Å²) in [5.41, 5.74) is 1.48. The van der Waals surface area contributed by atoms with Crippen LogP contribution in [-0.4, -0.2) is 28.8 Å². The summed E-state index contributed by atoms with van der Waals surface area (Å²) in [4.78, 5) is 11.5. The van der Waals surface area contributed by atoms with Crippen molar-refractivity contribution in [3.63, 3.8) is 0 Å². The van der Waals surface area contributed by atoms with Crippen molar-refractivity contribution in [3.05, 3.63) is 11.4 Å². The van der Waals surface area contributed by atoms with Crippen LogP contribution in [0.5, 0.6) is 0 Å². The second-order valence-electron chi connectivity index (χ2n) is 3.69. The molecule has 1 heterocycles. The maximum Gasteiger partial charge on any atom is 0.236 e. The Bertz CT molecular complexity index is 337. The average Bonchev–Trinajstić information content (AvgIpc) is 2.68. The number of amides is 1. The molecule has 1 rings (SSSR count). The molecule has 1 atom stereocenters. The van der Waals surface area contributed by atoms with E-state index in [-0.39, 0.29) is 11.9 Å². The van der Waals surface area contributed by atoms with Gasteiger partial charge in [-0.25, -0.2) is 4.63 Å². The zero-order chi connectivity index (χ0) is 12.0. The summed E-state index contributed by atoms with van der Waals surface area (Å²) in [6.07, 6.45) is 0.935. The van der Waals surface area contributed by atoms with Gasteiger partial charge in [-0.15, -0.1) is 0 Å². The SMILES string of the molecule is CCCNC(=O)C(C)NCc1nonc1C. The van der Waals surface area contributed by atoms with Crippen LogP contribution in [0.25, 0.3) is 0 Å². The van der Waals surface area contributed by atoms with Gasteiger partial charge in [-0.3, -0.25) is 4.79 Å². The first-order chi connectivity index (χ1) is 7.65. The van der Waals surface area contributed by atoms with Crippen LogP contribution in [0.1, 0.15) is 31.7 Å². The molecule has 0 aliphatic heterocycles. The normalized spacial score (nSPS) is 12.4. The van der Waals surface area contributed by atoms with Crippen LogP contribution in [0.2, 0.25) is 0 Å². The highest BCUT2D eigenvalue weighted by Crippen LogP contribution is 1.99. The highest BCUT2D eigenvalue weighted by atomic mass is 16.6. The van der Waals surface area contributed by atoms with Crippen molar-refractivity contribution < 1.29 is 9.42 Å². The molecule has 0 radical (unpaired) electrons. The van der Waals surface area contributed by atoms with E-state index in [1.807, 2.05) is 20.8 Å². The molecule has 6 heteroatoms. The van der Waals surface area contributed by atoms with Gasteiger partial charge in [-0.1, -0.05) is 17.2 Å². The number of rotatable bonds is 6. The zero-order valence-electron chi connectivity index (χ0n) is 9.91. The molecule has 1 aromatic rings. The Morgan fingerprint density at radius 3 is 2.81 bits per heavy atom. The molecule has 16 heavy (non-hydrogen) atoms. The predicted octanol–water partition coefficient (Wildman–Crippen LogP) is 0.382. The van der Waals surface area contributed by atoms with E-state index in [4.69, 9.17) is 0 Å². The van der Waals surface area contributed by atoms with Crippen LogP contribution < -0.4 is 10.6 Å². The van der Waals surface area contributed by atoms with Crippen molar-refractivity contribution in [2.75, 3.05) is 6.54 Å². The molecular formula is C10H18N4O2. The highest BCUT2D eigenvalue weighted by molar-refractivity contribution is 5.81. The van der Waals surface area contributed by atoms with Crippen molar-refractivity contribution in [3.8, 4) is 0 Å². The van der Waals surface area contributed by atoms with Gasteiger partial charge >= 0.3 is 0 Å². The highest BCUT2D eigenvalue weighted by Gasteiger charge is 2.13. The van der Waals surface area contributed by atoms with E-state index in [2.05, 4.69) is 25.6 Å². The van der Waals surface area contributed by atoms with Crippen molar-refractivity contribution in [1.29, 1.82) is 0 Å². The number of carbonyl (C=O) groups excluding carboxylic acids is 1. The van der Waals surface area contributed by atoms with Crippen molar-refractivity contribution in [2.45, 2.75) is 39.8 Å². The molecular weight excluding hydrogens is 208 g/mol. The maximum atomic E-state index is 11.5. The lowest BCUT2D eigenvalue weighted by atomic mass is 10.2. The van der Waals surface area contributed by atoms with Crippen LogP contribution in [0, 0.1) is 6.92 Å². The number of aromatic nitrogens is 2. The third-order valence-corrected chi connectivity index (χ3v) is 2.26. The molecule has 1 aromatic heterocycles. The number of nitrogens with one attached hydrogen (secondary N) is 2. The summed E-state index contributed by atoms with van der Waals surface area (Å²) in [6.45, 7) is 6.83. The van der Waals surface area contributed by atoms with Crippen LogP contribution in [0.15, 0.2) is 4.63 Å². The minimum absolute atomic E-state index is 0.00374. The van der Waals surface area contributed by atoms with Crippen LogP contribution in [0.4, 0.5) is 0 Å². The lowest BCUT2D eigenvalue weighted by molar-refractivity contribution is -0.122. The fourth-order valence-electron chi connectivity index (χ4n) is 1.15. The van der Waals surface area contributed by atoms with Gasteiger partial charge in [-0.2, -0.15) is 0 Å². The summed E-state index contributed by atoms with van der Waals surface area (Å²) in [5, 5.41) is 13.3. The topological polar surface area (TPSA) is 80.0 Å². The van der Waals surface area contributed by atoms with Gasteiger partial charge in [0, 0.05) is 13.1 Å². The van der Waals surface area contributed by atoms with E-state index in [0.717, 1.165) is 17.8 Å². The Morgan fingerprint density at radius 2 is 2.25 bits per heavy atom. The van der Waals surface area contributed by atoms with Crippen molar-refractivity contribution in [1.82, 2.24) is 20.9 Å². The van der Waals surface area contributed by atoms with Crippen LogP contribution in [0.3, 0.4) is 0 Å². The van der Waals surface area contributed by atoms with Gasteiger partial charge in [0.2, 0.25) is 5.91 Å². The smallest absolute Gasteiger partial charge is 0.236 e.